The largest absolute Gasteiger partial charge is 4.00 e. The van der Waals surface area contributed by atoms with Crippen molar-refractivity contribution in [2.24, 2.45) is 17.8 Å². The minimum Gasteiger partial charge on any atom is -0.660 e. The maximum atomic E-state index is 5.40. The summed E-state index contributed by atoms with van der Waals surface area (Å²) in [6.07, 6.45) is 8.51. The summed E-state index contributed by atoms with van der Waals surface area (Å²) in [4.78, 5) is 14.0. The zero-order chi connectivity index (χ0) is 30.8. The van der Waals surface area contributed by atoms with Crippen LogP contribution in [0, 0.1) is 47.0 Å². The van der Waals surface area contributed by atoms with E-state index in [4.69, 9.17) is 4.98 Å². The van der Waals surface area contributed by atoms with Crippen molar-refractivity contribution in [3.63, 3.8) is 0 Å². The zero-order valence-corrected chi connectivity index (χ0v) is 37.2. The van der Waals surface area contributed by atoms with Gasteiger partial charge < -0.3 is 32.2 Å². The van der Waals surface area contributed by atoms with Crippen LogP contribution in [0.4, 0.5) is 0 Å². The molecule has 3 aliphatic carbocycles. The first-order valence-electron chi connectivity index (χ1n) is 16.5. The molecule has 6 unspecified atom stereocenters. The van der Waals surface area contributed by atoms with E-state index in [1.807, 2.05) is 11.3 Å². The Morgan fingerprint density at radius 3 is 2.02 bits per heavy atom. The molecule has 2 fully saturated rings. The first-order chi connectivity index (χ1) is 19.4. The minimum absolute atomic E-state index is 0. The van der Waals surface area contributed by atoms with Gasteiger partial charge in [-0.25, -0.2) is 0 Å². The summed E-state index contributed by atoms with van der Waals surface area (Å²) in [5.74, 6) is 2.81. The van der Waals surface area contributed by atoms with Crippen molar-refractivity contribution in [1.29, 1.82) is 0 Å². The fourth-order valence-corrected chi connectivity index (χ4v) is 22.5. The number of allylic oxidation sites excluding steroid dienone is 2. The monoisotopic (exact) mass is 730 g/mol. The van der Waals surface area contributed by atoms with Gasteiger partial charge in [0.2, 0.25) is 0 Å². The molecule has 2 nitrogen and oxygen atoms in total. The number of benzene rings is 1. The van der Waals surface area contributed by atoms with Crippen molar-refractivity contribution in [2.75, 3.05) is 0 Å². The van der Waals surface area contributed by atoms with E-state index in [-0.39, 0.29) is 55.1 Å². The van der Waals surface area contributed by atoms with E-state index in [9.17, 15) is 0 Å². The summed E-state index contributed by atoms with van der Waals surface area (Å²) in [6.45, 7) is 28.3. The molecule has 46 heavy (non-hydrogen) atoms. The standard InChI is InChI=1S/C18H32NSSi.C18H25NSSi.3CH3.Ti/c2*1-12-11-15-13-9-7-8-10-14(13)17(16(15)20-12)21(5,6)19-18(2,3)4;;;;/h11,13-17H,7-10H2,1-6H3;7-11,17,19H,1-6H3;3*1H3;/q-1;;3*-1;+4. The smallest absolute Gasteiger partial charge is 0.660 e. The molecular weight excluding hydrogens is 665 g/mol. The minimum atomic E-state index is -1.63. The van der Waals surface area contributed by atoms with Crippen molar-refractivity contribution in [1.82, 2.24) is 4.98 Å². The fraction of sp³-hybridized carbons (Fsp3) is 0.615. The maximum absolute atomic E-state index is 5.40. The average Bonchev–Trinajstić information content (AvgIpc) is 3.53. The number of thioether (sulfide) groups is 1. The van der Waals surface area contributed by atoms with Gasteiger partial charge >= 0.3 is 21.7 Å². The molecule has 0 radical (unpaired) electrons. The third-order valence-electron chi connectivity index (χ3n) is 9.88. The van der Waals surface area contributed by atoms with Crippen LogP contribution in [0.25, 0.3) is 16.1 Å². The summed E-state index contributed by atoms with van der Waals surface area (Å²) in [7, 11) is -3.19. The van der Waals surface area contributed by atoms with E-state index in [2.05, 4.69) is 135 Å². The molecule has 0 amide bonds. The number of hydrogen-bond donors (Lipinski definition) is 1. The average molecular weight is 731 g/mol. The van der Waals surface area contributed by atoms with Crippen LogP contribution in [0.5, 0.6) is 0 Å². The molecule has 1 aromatic carbocycles. The second kappa shape index (κ2) is 16.0. The number of nitrogens with one attached hydrogen (secondary N) is 1. The van der Waals surface area contributed by atoms with E-state index in [0.29, 0.717) is 5.54 Å². The van der Waals surface area contributed by atoms with Crippen LogP contribution in [0.3, 0.4) is 0 Å². The Morgan fingerprint density at radius 1 is 0.848 bits per heavy atom. The molecule has 0 bridgehead atoms. The van der Waals surface area contributed by atoms with Gasteiger partial charge in [-0.2, -0.15) is 0 Å². The van der Waals surface area contributed by atoms with Crippen LogP contribution < -0.4 is 4.98 Å². The molecule has 1 aromatic heterocycles. The van der Waals surface area contributed by atoms with E-state index >= 15 is 0 Å². The molecule has 6 atom stereocenters. The summed E-state index contributed by atoms with van der Waals surface area (Å²) in [6, 6.07) is 11.4. The fourth-order valence-electron chi connectivity index (χ4n) is 9.45. The predicted molar refractivity (Wildman–Crippen MR) is 214 cm³/mol. The van der Waals surface area contributed by atoms with Gasteiger partial charge in [-0.1, -0.05) is 105 Å². The SMILES string of the molecule is CC1=CC2C3CCCCC3C([Si](C)(C)[N-]C(C)(C)C)C2S1.Cc1cc2c(s1)C([Si](C)(C)NC(C)(C)C)c1ccccc1-2.[CH3-].[CH3-].[CH3-].[Ti+4]. The molecule has 2 heterocycles. The Kier molecular flexibility index (Phi) is 15.3. The molecule has 0 spiro atoms. The van der Waals surface area contributed by atoms with E-state index < -0.39 is 16.5 Å². The number of fused-ring (bicyclic) bond motifs is 6. The topological polar surface area (TPSA) is 26.1 Å². The van der Waals surface area contributed by atoms with Crippen LogP contribution in [0.2, 0.25) is 31.7 Å². The van der Waals surface area contributed by atoms with Crippen LogP contribution in [0.15, 0.2) is 41.3 Å². The third-order valence-corrected chi connectivity index (χ3v) is 19.9. The van der Waals surface area contributed by atoms with Crippen molar-refractivity contribution in [2.45, 2.75) is 135 Å². The first kappa shape index (κ1) is 44.1. The Morgan fingerprint density at radius 2 is 1.43 bits per heavy atom. The van der Waals surface area contributed by atoms with Gasteiger partial charge in [0.25, 0.3) is 0 Å². The molecule has 2 aromatic rings. The van der Waals surface area contributed by atoms with Crippen LogP contribution >= 0.6 is 23.1 Å². The number of thiophene rings is 1. The molecule has 6 rings (SSSR count). The van der Waals surface area contributed by atoms with Gasteiger partial charge in [0.05, 0.1) is 0 Å². The molecule has 4 aliphatic rings. The second-order valence-corrected chi connectivity index (χ2v) is 27.9. The molecule has 256 valence electrons. The van der Waals surface area contributed by atoms with Gasteiger partial charge in [-0.3, -0.25) is 0 Å². The summed E-state index contributed by atoms with van der Waals surface area (Å²) < 4.78 is 0. The van der Waals surface area contributed by atoms with Crippen LogP contribution in [0.1, 0.15) is 95.0 Å². The second-order valence-electron chi connectivity index (χ2n) is 16.8. The van der Waals surface area contributed by atoms with E-state index in [1.165, 1.54) is 47.3 Å². The molecule has 7 heteroatoms. The quantitative estimate of drug-likeness (QED) is 0.250. The summed E-state index contributed by atoms with van der Waals surface area (Å²) >= 11 is 4.19. The number of rotatable bonds is 4. The van der Waals surface area contributed by atoms with Crippen molar-refractivity contribution in [3.8, 4) is 11.1 Å². The molecule has 1 aliphatic heterocycles. The van der Waals surface area contributed by atoms with Gasteiger partial charge in [-0.15, -0.1) is 28.6 Å². The zero-order valence-electron chi connectivity index (χ0n) is 32.0. The van der Waals surface area contributed by atoms with Crippen LogP contribution in [-0.4, -0.2) is 32.8 Å². The van der Waals surface area contributed by atoms with Crippen molar-refractivity contribution >= 4 is 39.6 Å². The molecule has 2 saturated carbocycles. The Bertz CT molecular complexity index is 1320. The summed E-state index contributed by atoms with van der Waals surface area (Å²) in [5, 5.41) is 0.853. The first-order valence-corrected chi connectivity index (χ1v) is 24.3. The number of nitrogens with zero attached hydrogens (tertiary/aromatic N) is 1. The van der Waals surface area contributed by atoms with Gasteiger partial charge in [-0.05, 0) is 92.0 Å². The maximum Gasteiger partial charge on any atom is 4.00 e. The van der Waals surface area contributed by atoms with E-state index in [0.717, 1.165) is 28.5 Å². The number of aryl methyl sites for hydroxylation is 1. The molecule has 1 N–H and O–H groups in total. The predicted octanol–water partition coefficient (Wildman–Crippen LogP) is 12.8. The van der Waals surface area contributed by atoms with Gasteiger partial charge in [0, 0.05) is 26.1 Å². The number of hydrogen-bond acceptors (Lipinski definition) is 3. The summed E-state index contributed by atoms with van der Waals surface area (Å²) in [5.41, 5.74) is 6.23. The molecule has 0 saturated heterocycles. The Hall–Kier alpha value is 0.0781. The third kappa shape index (κ3) is 9.24. The van der Waals surface area contributed by atoms with Crippen molar-refractivity contribution in [3.05, 3.63) is 83.9 Å². The van der Waals surface area contributed by atoms with Gasteiger partial charge in [0.15, 0.2) is 0 Å². The normalized spacial score (nSPS) is 26.3. The van der Waals surface area contributed by atoms with Crippen LogP contribution in [-0.2, 0) is 21.7 Å². The van der Waals surface area contributed by atoms with Crippen molar-refractivity contribution < 1.29 is 21.7 Å². The molecular formula is C39H66N2S2Si2Ti. The van der Waals surface area contributed by atoms with E-state index in [1.54, 1.807) is 9.78 Å². The Balaban J connectivity index is 0.000000423. The Labute approximate surface area is 311 Å². The van der Waals surface area contributed by atoms with Gasteiger partial charge in [0.1, 0.15) is 8.24 Å².